The van der Waals surface area contributed by atoms with E-state index in [1.165, 1.54) is 11.8 Å². The van der Waals surface area contributed by atoms with Gasteiger partial charge in [0.2, 0.25) is 16.9 Å². The van der Waals surface area contributed by atoms with Gasteiger partial charge in [-0.3, -0.25) is 14.9 Å². The quantitative estimate of drug-likeness (QED) is 0.338. The Bertz CT molecular complexity index is 1080. The molecule has 0 radical (unpaired) electrons. The number of nitrogens with zero attached hydrogens (tertiary/aromatic N) is 4. The molecule has 3 aromatic heterocycles. The number of aromatic nitrogens is 4. The average Bonchev–Trinajstić information content (AvgIpc) is 3.45. The highest BCUT2D eigenvalue weighted by molar-refractivity contribution is 7.99. The van der Waals surface area contributed by atoms with E-state index in [-0.39, 0.29) is 35.1 Å². The summed E-state index contributed by atoms with van der Waals surface area (Å²) in [7, 11) is 0. The predicted octanol–water partition coefficient (Wildman–Crippen LogP) is 1.89. The van der Waals surface area contributed by atoms with Gasteiger partial charge in [0.05, 0.1) is 18.9 Å². The third-order valence-electron chi connectivity index (χ3n) is 4.04. The van der Waals surface area contributed by atoms with Crippen LogP contribution in [-0.4, -0.2) is 50.4 Å². The number of esters is 1. The summed E-state index contributed by atoms with van der Waals surface area (Å²) in [6.45, 7) is 3.79. The number of tetrazole rings is 1. The van der Waals surface area contributed by atoms with Gasteiger partial charge in [0.1, 0.15) is 16.9 Å². The van der Waals surface area contributed by atoms with Gasteiger partial charge in [-0.05, 0) is 35.7 Å². The van der Waals surface area contributed by atoms with E-state index in [2.05, 4.69) is 20.8 Å². The molecule has 2 amide bonds. The molecule has 0 aliphatic carbocycles. The number of aryl methyl sites for hydroxylation is 3. The Hall–Kier alpha value is -3.19. The SMILES string of the molecule is CCOC(=O)c1c(C)oc(NC(=O)CSc2nnnn2CCc2cccs2)c1C(N)=O. The van der Waals surface area contributed by atoms with Gasteiger partial charge in [0, 0.05) is 11.3 Å². The number of carbonyl (C=O) groups excluding carboxylic acids is 3. The van der Waals surface area contributed by atoms with Crippen LogP contribution in [0.2, 0.25) is 0 Å². The number of thiophene rings is 1. The first-order valence-electron chi connectivity index (χ1n) is 9.22. The Balaban J connectivity index is 1.64. The van der Waals surface area contributed by atoms with E-state index in [9.17, 15) is 14.4 Å². The zero-order valence-corrected chi connectivity index (χ0v) is 18.4. The first-order chi connectivity index (χ1) is 14.9. The van der Waals surface area contributed by atoms with Crippen LogP contribution in [0.1, 0.15) is 38.3 Å². The second-order valence-electron chi connectivity index (χ2n) is 6.17. The summed E-state index contributed by atoms with van der Waals surface area (Å²) in [4.78, 5) is 37.6. The van der Waals surface area contributed by atoms with Crippen LogP contribution in [0.5, 0.6) is 0 Å². The van der Waals surface area contributed by atoms with Gasteiger partial charge < -0.3 is 14.9 Å². The Morgan fingerprint density at radius 3 is 2.84 bits per heavy atom. The number of hydrogen-bond donors (Lipinski definition) is 2. The van der Waals surface area contributed by atoms with E-state index in [1.54, 1.807) is 22.9 Å². The maximum atomic E-state index is 12.4. The summed E-state index contributed by atoms with van der Waals surface area (Å²) in [5.74, 6) is -2.28. The lowest BCUT2D eigenvalue weighted by atomic mass is 10.1. The molecule has 0 atom stereocenters. The molecular weight excluding hydrogens is 444 g/mol. The van der Waals surface area contributed by atoms with E-state index in [1.807, 2.05) is 17.5 Å². The summed E-state index contributed by atoms with van der Waals surface area (Å²) in [5.41, 5.74) is 5.06. The minimum atomic E-state index is -0.916. The number of carbonyl (C=O) groups is 3. The predicted molar refractivity (Wildman–Crippen MR) is 113 cm³/mol. The Labute approximate surface area is 185 Å². The Kier molecular flexibility index (Phi) is 7.41. The van der Waals surface area contributed by atoms with Gasteiger partial charge in [-0.2, -0.15) is 0 Å². The molecule has 31 heavy (non-hydrogen) atoms. The summed E-state index contributed by atoms with van der Waals surface area (Å²) >= 11 is 2.77. The molecule has 0 saturated heterocycles. The summed E-state index contributed by atoms with van der Waals surface area (Å²) in [5, 5.41) is 16.5. The van der Waals surface area contributed by atoms with Crippen molar-refractivity contribution in [1.82, 2.24) is 20.2 Å². The van der Waals surface area contributed by atoms with E-state index in [0.29, 0.717) is 11.7 Å². The highest BCUT2D eigenvalue weighted by Crippen LogP contribution is 2.28. The number of amides is 2. The van der Waals surface area contributed by atoms with Crippen molar-refractivity contribution < 1.29 is 23.5 Å². The number of thioether (sulfide) groups is 1. The van der Waals surface area contributed by atoms with Crippen LogP contribution in [-0.2, 0) is 22.5 Å². The molecule has 13 heteroatoms. The van der Waals surface area contributed by atoms with Crippen LogP contribution in [0.15, 0.2) is 27.1 Å². The highest BCUT2D eigenvalue weighted by atomic mass is 32.2. The van der Waals surface area contributed by atoms with Crippen LogP contribution in [0.3, 0.4) is 0 Å². The molecule has 0 spiro atoms. The number of furan rings is 1. The molecule has 0 aliphatic rings. The molecule has 0 fully saturated rings. The number of nitrogens with one attached hydrogen (secondary N) is 1. The lowest BCUT2D eigenvalue weighted by molar-refractivity contribution is -0.113. The number of hydrogen-bond acceptors (Lipinski definition) is 10. The minimum Gasteiger partial charge on any atom is -0.462 e. The normalized spacial score (nSPS) is 10.8. The van der Waals surface area contributed by atoms with Crippen molar-refractivity contribution in [2.75, 3.05) is 17.7 Å². The van der Waals surface area contributed by atoms with Crippen molar-refractivity contribution in [3.63, 3.8) is 0 Å². The van der Waals surface area contributed by atoms with Crippen LogP contribution in [0.4, 0.5) is 5.88 Å². The smallest absolute Gasteiger partial charge is 0.342 e. The zero-order valence-electron chi connectivity index (χ0n) is 16.8. The van der Waals surface area contributed by atoms with Crippen molar-refractivity contribution in [2.24, 2.45) is 5.73 Å². The molecule has 3 aromatic rings. The maximum absolute atomic E-state index is 12.4. The lowest BCUT2D eigenvalue weighted by Gasteiger charge is -2.05. The summed E-state index contributed by atoms with van der Waals surface area (Å²) in [6, 6.07) is 4.01. The van der Waals surface area contributed by atoms with Crippen molar-refractivity contribution >= 4 is 46.8 Å². The van der Waals surface area contributed by atoms with Crippen molar-refractivity contribution in [3.8, 4) is 0 Å². The minimum absolute atomic E-state index is 0.0495. The van der Waals surface area contributed by atoms with Crippen molar-refractivity contribution in [2.45, 2.75) is 32.0 Å². The van der Waals surface area contributed by atoms with Gasteiger partial charge >= 0.3 is 5.97 Å². The highest BCUT2D eigenvalue weighted by Gasteiger charge is 2.29. The van der Waals surface area contributed by atoms with Crippen LogP contribution >= 0.6 is 23.1 Å². The number of ether oxygens (including phenoxy) is 1. The van der Waals surface area contributed by atoms with Crippen LogP contribution < -0.4 is 11.1 Å². The van der Waals surface area contributed by atoms with Crippen molar-refractivity contribution in [3.05, 3.63) is 39.3 Å². The topological polar surface area (TPSA) is 155 Å². The molecule has 11 nitrogen and oxygen atoms in total. The third kappa shape index (κ3) is 5.49. The van der Waals surface area contributed by atoms with E-state index in [4.69, 9.17) is 14.9 Å². The number of nitrogens with two attached hydrogens (primary N) is 1. The fourth-order valence-corrected chi connectivity index (χ4v) is 4.12. The van der Waals surface area contributed by atoms with Gasteiger partial charge in [-0.15, -0.1) is 16.4 Å². The zero-order chi connectivity index (χ0) is 22.4. The average molecular weight is 465 g/mol. The molecule has 3 N–H and O–H groups in total. The molecule has 3 rings (SSSR count). The first-order valence-corrected chi connectivity index (χ1v) is 11.1. The number of primary amides is 1. The van der Waals surface area contributed by atoms with Crippen LogP contribution in [0.25, 0.3) is 0 Å². The third-order valence-corrected chi connectivity index (χ3v) is 5.94. The second kappa shape index (κ2) is 10.2. The fourth-order valence-electron chi connectivity index (χ4n) is 2.72. The fraction of sp³-hybridized carbons (Fsp3) is 0.333. The van der Waals surface area contributed by atoms with Gasteiger partial charge in [-0.25, -0.2) is 9.48 Å². The summed E-state index contributed by atoms with van der Waals surface area (Å²) < 4.78 is 11.9. The van der Waals surface area contributed by atoms with E-state index >= 15 is 0 Å². The number of rotatable bonds is 10. The molecule has 0 aliphatic heterocycles. The van der Waals surface area contributed by atoms with Gasteiger partial charge in [0.25, 0.3) is 5.91 Å². The molecule has 0 aromatic carbocycles. The molecule has 0 unspecified atom stereocenters. The Morgan fingerprint density at radius 1 is 1.35 bits per heavy atom. The first kappa shape index (κ1) is 22.5. The van der Waals surface area contributed by atoms with Crippen molar-refractivity contribution in [1.29, 1.82) is 0 Å². The molecular formula is C18H20N6O5S2. The van der Waals surface area contributed by atoms with Gasteiger partial charge in [-0.1, -0.05) is 17.8 Å². The molecule has 0 bridgehead atoms. The van der Waals surface area contributed by atoms with Gasteiger partial charge in [0.15, 0.2) is 0 Å². The monoisotopic (exact) mass is 464 g/mol. The maximum Gasteiger partial charge on any atom is 0.342 e. The van der Waals surface area contributed by atoms with E-state index < -0.39 is 17.8 Å². The largest absolute Gasteiger partial charge is 0.462 e. The lowest BCUT2D eigenvalue weighted by Crippen LogP contribution is -2.21. The summed E-state index contributed by atoms with van der Waals surface area (Å²) in [6.07, 6.45) is 0.771. The van der Waals surface area contributed by atoms with E-state index in [0.717, 1.165) is 18.2 Å². The number of anilines is 1. The standard InChI is InChI=1S/C18H20N6O5S2/c1-3-28-17(27)13-10(2)29-16(14(13)15(19)26)20-12(25)9-31-18-21-22-23-24(18)7-6-11-5-4-8-30-11/h4-5,8H,3,6-7,9H2,1-2H3,(H2,19,26)(H,20,25). The molecule has 0 saturated carbocycles. The molecule has 164 valence electrons. The second-order valence-corrected chi connectivity index (χ2v) is 8.15. The van der Waals surface area contributed by atoms with Crippen LogP contribution in [0, 0.1) is 6.92 Å². The Morgan fingerprint density at radius 2 is 2.16 bits per heavy atom. The molecule has 3 heterocycles.